The van der Waals surface area contributed by atoms with E-state index in [4.69, 9.17) is 6.58 Å². The average Bonchev–Trinajstić information content (AvgIpc) is 3.22. The average molecular weight is 593 g/mol. The minimum atomic E-state index is 0.157. The molecule has 3 fully saturated rings. The maximum Gasteiger partial charge on any atom is 0.0917 e. The summed E-state index contributed by atoms with van der Waals surface area (Å²) in [5.41, 5.74) is 4.10. The monoisotopic (exact) mass is 593 g/mol. The lowest BCUT2D eigenvalue weighted by Crippen LogP contribution is -2.51. The van der Waals surface area contributed by atoms with Crippen LogP contribution in [-0.4, -0.2) is 35.6 Å². The summed E-state index contributed by atoms with van der Waals surface area (Å²) in [6.07, 6.45) is 12.6. The first-order chi connectivity index (χ1) is 20.0. The molecular formula is C39H68N4. The standard InChI is InChI=1S/C39H68N4/c1-15-20-33(37(9,10)11)41-30(8)42-34(39(14)21-18-17-19-22-39)24-28(6)43-25-31-35(38(31,12)13)36(43)29(7)40-32(23-26(3)4)27(5)16-2/h16,26,31-36,40-42H,2,5-8,15,17-25H2,1,3-4,9-14H3/t31-,32?,33?,34?,35-,36?/m0/s1. The van der Waals surface area contributed by atoms with Gasteiger partial charge in [0.15, 0.2) is 0 Å². The van der Waals surface area contributed by atoms with Crippen LogP contribution in [0.1, 0.15) is 120 Å². The Morgan fingerprint density at radius 2 is 1.60 bits per heavy atom. The van der Waals surface area contributed by atoms with Crippen molar-refractivity contribution in [3.05, 3.63) is 61.8 Å². The van der Waals surface area contributed by atoms with Crippen LogP contribution in [0.5, 0.6) is 0 Å². The van der Waals surface area contributed by atoms with E-state index in [1.54, 1.807) is 0 Å². The quantitative estimate of drug-likeness (QED) is 0.147. The lowest BCUT2D eigenvalue weighted by molar-refractivity contribution is 0.135. The molecule has 0 aromatic carbocycles. The molecule has 0 spiro atoms. The summed E-state index contributed by atoms with van der Waals surface area (Å²) in [5, 5.41) is 11.6. The minimum Gasteiger partial charge on any atom is -0.380 e. The molecule has 0 bridgehead atoms. The van der Waals surface area contributed by atoms with Crippen molar-refractivity contribution in [3.8, 4) is 0 Å². The Balaban J connectivity index is 1.82. The maximum atomic E-state index is 4.79. The van der Waals surface area contributed by atoms with E-state index >= 15 is 0 Å². The van der Waals surface area contributed by atoms with Gasteiger partial charge >= 0.3 is 0 Å². The highest BCUT2D eigenvalue weighted by Gasteiger charge is 2.67. The van der Waals surface area contributed by atoms with Gasteiger partial charge in [0.2, 0.25) is 0 Å². The summed E-state index contributed by atoms with van der Waals surface area (Å²) in [6, 6.07) is 1.07. The normalized spacial score (nSPS) is 26.1. The molecule has 4 nitrogen and oxygen atoms in total. The van der Waals surface area contributed by atoms with Gasteiger partial charge in [-0.05, 0) is 65.3 Å². The fourth-order valence-corrected chi connectivity index (χ4v) is 8.24. The summed E-state index contributed by atoms with van der Waals surface area (Å²) in [5.74, 6) is 2.79. The van der Waals surface area contributed by atoms with Crippen molar-refractivity contribution in [3.63, 3.8) is 0 Å². The second kappa shape index (κ2) is 13.9. The first kappa shape index (κ1) is 35.4. The van der Waals surface area contributed by atoms with Crippen molar-refractivity contribution >= 4 is 0 Å². The molecule has 4 heteroatoms. The summed E-state index contributed by atoms with van der Waals surface area (Å²) in [4.78, 5) is 2.60. The van der Waals surface area contributed by atoms with E-state index < -0.39 is 0 Å². The maximum absolute atomic E-state index is 4.79. The predicted molar refractivity (Wildman–Crippen MR) is 188 cm³/mol. The molecule has 4 unspecified atom stereocenters. The van der Waals surface area contributed by atoms with Crippen molar-refractivity contribution < 1.29 is 0 Å². The lowest BCUT2D eigenvalue weighted by atomic mass is 9.69. The number of piperidine rings is 1. The highest BCUT2D eigenvalue weighted by atomic mass is 15.3. The number of fused-ring (bicyclic) bond motifs is 1. The van der Waals surface area contributed by atoms with Gasteiger partial charge in [0, 0.05) is 36.4 Å². The van der Waals surface area contributed by atoms with Gasteiger partial charge in [-0.15, -0.1) is 0 Å². The fraction of sp³-hybridized carbons (Fsp3) is 0.744. The van der Waals surface area contributed by atoms with Crippen LogP contribution in [0, 0.1) is 34.0 Å². The largest absolute Gasteiger partial charge is 0.380 e. The van der Waals surface area contributed by atoms with Crippen LogP contribution in [0.25, 0.3) is 0 Å². The molecule has 2 saturated carbocycles. The van der Waals surface area contributed by atoms with E-state index in [0.29, 0.717) is 29.2 Å². The van der Waals surface area contributed by atoms with E-state index in [2.05, 4.69) is 109 Å². The molecule has 3 rings (SSSR count). The van der Waals surface area contributed by atoms with E-state index in [-0.39, 0.29) is 29.0 Å². The van der Waals surface area contributed by atoms with Crippen LogP contribution in [0.2, 0.25) is 0 Å². The molecule has 43 heavy (non-hydrogen) atoms. The zero-order valence-corrected chi connectivity index (χ0v) is 29.7. The summed E-state index contributed by atoms with van der Waals surface area (Å²) in [6.45, 7) is 44.5. The smallest absolute Gasteiger partial charge is 0.0917 e. The molecule has 0 amide bonds. The molecule has 1 aliphatic heterocycles. The van der Waals surface area contributed by atoms with E-state index in [1.165, 1.54) is 37.8 Å². The topological polar surface area (TPSA) is 39.3 Å². The van der Waals surface area contributed by atoms with Gasteiger partial charge in [0.1, 0.15) is 0 Å². The molecule has 0 aromatic rings. The van der Waals surface area contributed by atoms with Gasteiger partial charge in [0.05, 0.1) is 17.9 Å². The second-order valence-corrected chi connectivity index (χ2v) is 16.7. The van der Waals surface area contributed by atoms with Crippen molar-refractivity contribution in [2.45, 2.75) is 144 Å². The Hall–Kier alpha value is -2.10. The molecule has 0 radical (unpaired) electrons. The molecule has 1 saturated heterocycles. The molecule has 3 aliphatic rings. The summed E-state index contributed by atoms with van der Waals surface area (Å²) < 4.78 is 0. The number of likely N-dealkylation sites (tertiary alicyclic amines) is 1. The van der Waals surface area contributed by atoms with Crippen LogP contribution < -0.4 is 16.0 Å². The Labute approximate surface area is 267 Å². The Kier molecular flexibility index (Phi) is 11.4. The zero-order chi connectivity index (χ0) is 32.3. The number of nitrogens with zero attached hydrogens (tertiary/aromatic N) is 1. The Morgan fingerprint density at radius 1 is 0.977 bits per heavy atom. The van der Waals surface area contributed by atoms with Gasteiger partial charge in [-0.2, -0.15) is 0 Å². The van der Waals surface area contributed by atoms with Gasteiger partial charge < -0.3 is 20.9 Å². The summed E-state index contributed by atoms with van der Waals surface area (Å²) >= 11 is 0. The van der Waals surface area contributed by atoms with Crippen molar-refractivity contribution in [2.24, 2.45) is 34.0 Å². The molecule has 3 N–H and O–H groups in total. The van der Waals surface area contributed by atoms with Crippen LogP contribution in [0.3, 0.4) is 0 Å². The third-order valence-corrected chi connectivity index (χ3v) is 11.3. The van der Waals surface area contributed by atoms with Gasteiger partial charge in [-0.25, -0.2) is 0 Å². The number of hydrogen-bond donors (Lipinski definition) is 3. The third-order valence-electron chi connectivity index (χ3n) is 11.3. The van der Waals surface area contributed by atoms with Gasteiger partial charge in [0.25, 0.3) is 0 Å². The van der Waals surface area contributed by atoms with E-state index in [1.807, 2.05) is 6.08 Å². The van der Waals surface area contributed by atoms with Crippen molar-refractivity contribution in [2.75, 3.05) is 6.54 Å². The molecule has 0 aromatic heterocycles. The SMILES string of the molecule is C=CC(=C)C(CC(C)C)NC(=C)C1[C@@H]2[C@H](CN1C(=C)CC(NC(=C)NC(CCC)C(C)(C)C)C1(C)CCCCC1)C2(C)C. The molecule has 244 valence electrons. The highest BCUT2D eigenvalue weighted by Crippen LogP contribution is 2.66. The van der Waals surface area contributed by atoms with Gasteiger partial charge in [-0.3, -0.25) is 0 Å². The van der Waals surface area contributed by atoms with Crippen molar-refractivity contribution in [1.29, 1.82) is 0 Å². The van der Waals surface area contributed by atoms with Crippen LogP contribution in [-0.2, 0) is 0 Å². The van der Waals surface area contributed by atoms with E-state index in [9.17, 15) is 0 Å². The zero-order valence-electron chi connectivity index (χ0n) is 29.7. The number of nitrogens with one attached hydrogen (secondary N) is 3. The Morgan fingerprint density at radius 3 is 2.14 bits per heavy atom. The fourth-order valence-electron chi connectivity index (χ4n) is 8.24. The van der Waals surface area contributed by atoms with Crippen LogP contribution >= 0.6 is 0 Å². The molecule has 1 heterocycles. The van der Waals surface area contributed by atoms with Crippen molar-refractivity contribution in [1.82, 2.24) is 20.9 Å². The first-order valence-electron chi connectivity index (χ1n) is 17.4. The second-order valence-electron chi connectivity index (χ2n) is 16.7. The minimum absolute atomic E-state index is 0.157. The van der Waals surface area contributed by atoms with Crippen LogP contribution in [0.4, 0.5) is 0 Å². The molecular weight excluding hydrogens is 524 g/mol. The predicted octanol–water partition coefficient (Wildman–Crippen LogP) is 9.31. The van der Waals surface area contributed by atoms with Crippen LogP contribution in [0.15, 0.2) is 61.8 Å². The van der Waals surface area contributed by atoms with Gasteiger partial charge in [-0.1, -0.05) is 127 Å². The summed E-state index contributed by atoms with van der Waals surface area (Å²) in [7, 11) is 0. The number of rotatable bonds is 17. The lowest BCUT2D eigenvalue weighted by Gasteiger charge is -2.45. The molecule has 2 aliphatic carbocycles. The number of hydrogen-bond acceptors (Lipinski definition) is 4. The Bertz CT molecular complexity index is 1020. The third kappa shape index (κ3) is 8.34. The first-order valence-corrected chi connectivity index (χ1v) is 17.4. The highest BCUT2D eigenvalue weighted by molar-refractivity contribution is 5.30. The van der Waals surface area contributed by atoms with E-state index in [0.717, 1.165) is 49.3 Å². The molecule has 6 atom stereocenters.